The minimum absolute atomic E-state index is 0.0607. The number of ether oxygens (including phenoxy) is 6. The van der Waals surface area contributed by atoms with Gasteiger partial charge in [-0.3, -0.25) is 4.79 Å². The van der Waals surface area contributed by atoms with Gasteiger partial charge in [0, 0.05) is 13.0 Å². The van der Waals surface area contributed by atoms with E-state index in [1.807, 2.05) is 0 Å². The Labute approximate surface area is 443 Å². The molecule has 2 rings (SSSR count). The van der Waals surface area contributed by atoms with E-state index in [1.54, 1.807) is 0 Å². The minimum Gasteiger partial charge on any atom is -0.457 e. The van der Waals surface area contributed by atoms with E-state index in [0.29, 0.717) is 13.0 Å². The van der Waals surface area contributed by atoms with Gasteiger partial charge in [-0.2, -0.15) is 0 Å². The lowest BCUT2D eigenvalue weighted by molar-refractivity contribution is -0.332. The predicted octanol–water partition coefficient (Wildman–Crippen LogP) is 10.8. The lowest BCUT2D eigenvalue weighted by atomic mass is 9.98. The lowest BCUT2D eigenvalue weighted by Crippen LogP contribution is -2.61. The first-order valence-electron chi connectivity index (χ1n) is 29.9. The molecule has 11 atom stereocenters. The smallest absolute Gasteiger partial charge is 0.306 e. The molecule has 0 aromatic heterocycles. The number of allylic oxidation sites excluding steroid dienone is 4. The van der Waals surface area contributed by atoms with Gasteiger partial charge in [0.1, 0.15) is 54.9 Å². The molecule has 0 aromatic rings. The van der Waals surface area contributed by atoms with Crippen molar-refractivity contribution in [2.45, 2.75) is 313 Å². The molecule has 7 N–H and O–H groups in total. The van der Waals surface area contributed by atoms with Crippen LogP contribution in [-0.4, -0.2) is 142 Å². The van der Waals surface area contributed by atoms with E-state index in [9.17, 15) is 40.5 Å². The largest absolute Gasteiger partial charge is 0.457 e. The highest BCUT2D eigenvalue weighted by Crippen LogP contribution is 2.27. The van der Waals surface area contributed by atoms with Crippen LogP contribution in [0.25, 0.3) is 0 Å². The Hall–Kier alpha value is -1.53. The van der Waals surface area contributed by atoms with Crippen molar-refractivity contribution in [1.82, 2.24) is 0 Å². The SMILES string of the molecule is CCCCCC/C=C\CCCCCCCCOCC(COC1OC(COC2OC(CO)C(O)C(O)C2O)C(O)C(O)C1O)OC(=O)CCCCCCCCCCCCCCC/C=C\CCCCCCCCCC. The van der Waals surface area contributed by atoms with Crippen LogP contribution in [0.4, 0.5) is 0 Å². The summed E-state index contributed by atoms with van der Waals surface area (Å²) in [6.07, 6.45) is 36.7. The minimum atomic E-state index is -1.71. The molecule has 0 spiro atoms. The third-order valence-electron chi connectivity index (χ3n) is 14.4. The van der Waals surface area contributed by atoms with E-state index in [4.69, 9.17) is 28.4 Å². The summed E-state index contributed by atoms with van der Waals surface area (Å²) < 4.78 is 34.4. The Bertz CT molecular complexity index is 1300. The highest BCUT2D eigenvalue weighted by Gasteiger charge is 2.47. The normalized spacial score (nSPS) is 25.1. The van der Waals surface area contributed by atoms with Crippen LogP contribution in [-0.2, 0) is 33.2 Å². The molecule has 2 aliphatic rings. The van der Waals surface area contributed by atoms with Crippen molar-refractivity contribution >= 4 is 5.97 Å². The van der Waals surface area contributed by atoms with Gasteiger partial charge in [-0.05, 0) is 64.2 Å². The van der Waals surface area contributed by atoms with Crippen LogP contribution in [0.15, 0.2) is 24.3 Å². The zero-order valence-corrected chi connectivity index (χ0v) is 46.1. The standard InChI is InChI=1S/C59H110O14/c1-3-5-7-9-11-13-15-17-19-20-21-22-23-24-25-26-27-28-29-30-32-34-36-38-40-42-51(61)71-48(45-68-43-41-39-37-35-33-31-18-16-14-12-10-8-6-4-2)46-69-58-57(67)55(65)53(63)50(73-58)47-70-59-56(66)54(64)52(62)49(44-60)72-59/h14,16,20-21,48-50,52-60,62-67H,3-13,15,17-19,22-47H2,1-2H3/b16-14-,21-20-. The summed E-state index contributed by atoms with van der Waals surface area (Å²) in [5.41, 5.74) is 0. The van der Waals surface area contributed by atoms with E-state index in [-0.39, 0.29) is 25.6 Å². The number of hydrogen-bond donors (Lipinski definition) is 7. The molecule has 0 aliphatic carbocycles. The zero-order valence-electron chi connectivity index (χ0n) is 46.1. The fraction of sp³-hybridized carbons (Fsp3) is 0.915. The van der Waals surface area contributed by atoms with Crippen LogP contribution in [0.3, 0.4) is 0 Å². The number of unbranched alkanes of at least 4 members (excludes halogenated alkanes) is 31. The van der Waals surface area contributed by atoms with Crippen LogP contribution in [0.1, 0.15) is 245 Å². The number of carbonyl (C=O) groups excluding carboxylic acids is 1. The van der Waals surface area contributed by atoms with Crippen LogP contribution >= 0.6 is 0 Å². The fourth-order valence-electron chi connectivity index (χ4n) is 9.57. The highest BCUT2D eigenvalue weighted by molar-refractivity contribution is 5.69. The fourth-order valence-corrected chi connectivity index (χ4v) is 9.57. The maximum Gasteiger partial charge on any atom is 0.306 e. The monoisotopic (exact) mass is 1040 g/mol. The molecule has 0 bridgehead atoms. The van der Waals surface area contributed by atoms with Crippen molar-refractivity contribution in [3.8, 4) is 0 Å². The first-order chi connectivity index (χ1) is 35.6. The van der Waals surface area contributed by atoms with Crippen LogP contribution in [0.5, 0.6) is 0 Å². The summed E-state index contributed by atoms with van der Waals surface area (Å²) in [5, 5.41) is 72.3. The molecule has 0 saturated carbocycles. The molecule has 11 unspecified atom stereocenters. The van der Waals surface area contributed by atoms with Crippen molar-refractivity contribution in [3.63, 3.8) is 0 Å². The Morgan fingerprint density at radius 1 is 0.438 bits per heavy atom. The summed E-state index contributed by atoms with van der Waals surface area (Å²) in [4.78, 5) is 13.1. The van der Waals surface area contributed by atoms with Gasteiger partial charge >= 0.3 is 5.97 Å². The third kappa shape index (κ3) is 33.4. The number of hydrogen-bond acceptors (Lipinski definition) is 14. The Morgan fingerprint density at radius 2 is 0.808 bits per heavy atom. The van der Waals surface area contributed by atoms with Crippen LogP contribution in [0.2, 0.25) is 0 Å². The van der Waals surface area contributed by atoms with E-state index in [2.05, 4.69) is 38.2 Å². The molecule has 2 saturated heterocycles. The van der Waals surface area contributed by atoms with E-state index >= 15 is 0 Å². The van der Waals surface area contributed by atoms with Gasteiger partial charge in [-0.25, -0.2) is 0 Å². The quantitative estimate of drug-likeness (QED) is 0.0172. The summed E-state index contributed by atoms with van der Waals surface area (Å²) in [6.45, 7) is 3.70. The van der Waals surface area contributed by atoms with Crippen molar-refractivity contribution in [3.05, 3.63) is 24.3 Å². The van der Waals surface area contributed by atoms with Gasteiger partial charge in [0.2, 0.25) is 0 Å². The number of esters is 1. The van der Waals surface area contributed by atoms with Gasteiger partial charge in [0.15, 0.2) is 12.6 Å². The first kappa shape index (κ1) is 67.6. The maximum atomic E-state index is 13.1. The molecule has 430 valence electrons. The molecular weight excluding hydrogens is 933 g/mol. The molecule has 14 heteroatoms. The van der Waals surface area contributed by atoms with Gasteiger partial charge in [0.25, 0.3) is 0 Å². The first-order valence-corrected chi connectivity index (χ1v) is 29.9. The van der Waals surface area contributed by atoms with E-state index in [0.717, 1.165) is 44.9 Å². The van der Waals surface area contributed by atoms with E-state index < -0.39 is 80.7 Å². The van der Waals surface area contributed by atoms with Crippen molar-refractivity contribution in [2.24, 2.45) is 0 Å². The Morgan fingerprint density at radius 3 is 1.26 bits per heavy atom. The predicted molar refractivity (Wildman–Crippen MR) is 289 cm³/mol. The Kier molecular flexibility index (Phi) is 43.1. The third-order valence-corrected chi connectivity index (χ3v) is 14.4. The van der Waals surface area contributed by atoms with Gasteiger partial charge in [0.05, 0.1) is 26.4 Å². The molecule has 2 fully saturated rings. The topological polar surface area (TPSA) is 214 Å². The summed E-state index contributed by atoms with van der Waals surface area (Å²) in [6, 6.07) is 0. The number of rotatable bonds is 49. The summed E-state index contributed by atoms with van der Waals surface area (Å²) in [7, 11) is 0. The molecule has 2 heterocycles. The molecule has 0 amide bonds. The summed E-state index contributed by atoms with van der Waals surface area (Å²) in [5.74, 6) is -0.375. The van der Waals surface area contributed by atoms with Gasteiger partial charge < -0.3 is 64.2 Å². The summed E-state index contributed by atoms with van der Waals surface area (Å²) >= 11 is 0. The number of aliphatic hydroxyl groups excluding tert-OH is 7. The van der Waals surface area contributed by atoms with E-state index in [1.165, 1.54) is 173 Å². The van der Waals surface area contributed by atoms with Crippen LogP contribution in [0, 0.1) is 0 Å². The average Bonchev–Trinajstić information content (AvgIpc) is 3.39. The second-order valence-electron chi connectivity index (χ2n) is 21.2. The average molecular weight is 1040 g/mol. The molecule has 2 aliphatic heterocycles. The molecule has 73 heavy (non-hydrogen) atoms. The van der Waals surface area contributed by atoms with Crippen molar-refractivity contribution in [1.29, 1.82) is 0 Å². The molecular formula is C59H110O14. The van der Waals surface area contributed by atoms with Crippen LogP contribution < -0.4 is 0 Å². The maximum absolute atomic E-state index is 13.1. The molecule has 14 nitrogen and oxygen atoms in total. The second-order valence-corrected chi connectivity index (χ2v) is 21.2. The zero-order chi connectivity index (χ0) is 53.0. The van der Waals surface area contributed by atoms with Crippen molar-refractivity contribution < 1.29 is 69.0 Å². The highest BCUT2D eigenvalue weighted by atomic mass is 16.7. The lowest BCUT2D eigenvalue weighted by Gasteiger charge is -2.42. The molecule has 0 aromatic carbocycles. The van der Waals surface area contributed by atoms with Gasteiger partial charge in [-0.1, -0.05) is 199 Å². The number of carbonyl (C=O) groups is 1. The number of aliphatic hydroxyl groups is 7. The van der Waals surface area contributed by atoms with Crippen molar-refractivity contribution in [2.75, 3.05) is 33.0 Å². The second kappa shape index (κ2) is 46.6. The molecule has 0 radical (unpaired) electrons. The van der Waals surface area contributed by atoms with Gasteiger partial charge in [-0.15, -0.1) is 0 Å². The Balaban J connectivity index is 1.67.